The standard InChI is InChI=1S/C21H27FN4O3/c1-15(26-19(28)21(23-20(26)29)9-2-3-10-21)18(27)25-12-4-11-24(13-14-25)17-7-5-16(22)6-8-17/h5-8,15H,2-4,9-14H2,1H3,(H,23,29). The lowest BCUT2D eigenvalue weighted by Crippen LogP contribution is -2.51. The van der Waals surface area contributed by atoms with Crippen molar-refractivity contribution in [3.8, 4) is 0 Å². The highest BCUT2D eigenvalue weighted by Gasteiger charge is 2.54. The molecule has 4 amide bonds. The monoisotopic (exact) mass is 402 g/mol. The van der Waals surface area contributed by atoms with Gasteiger partial charge in [0.25, 0.3) is 5.91 Å². The van der Waals surface area contributed by atoms with Crippen molar-refractivity contribution in [3.05, 3.63) is 30.1 Å². The first-order valence-electron chi connectivity index (χ1n) is 10.4. The molecule has 2 saturated heterocycles. The van der Waals surface area contributed by atoms with Crippen LogP contribution in [0.5, 0.6) is 0 Å². The van der Waals surface area contributed by atoms with Gasteiger partial charge in [-0.05, 0) is 50.5 Å². The van der Waals surface area contributed by atoms with Gasteiger partial charge in [-0.3, -0.25) is 9.59 Å². The summed E-state index contributed by atoms with van der Waals surface area (Å²) in [6.45, 7) is 4.08. The molecule has 2 aliphatic heterocycles. The molecule has 1 N–H and O–H groups in total. The minimum Gasteiger partial charge on any atom is -0.370 e. The van der Waals surface area contributed by atoms with Crippen molar-refractivity contribution < 1.29 is 18.8 Å². The summed E-state index contributed by atoms with van der Waals surface area (Å²) in [5.74, 6) is -0.740. The quantitative estimate of drug-likeness (QED) is 0.786. The van der Waals surface area contributed by atoms with E-state index in [2.05, 4.69) is 10.2 Å². The number of carbonyl (C=O) groups excluding carboxylic acids is 3. The molecule has 0 radical (unpaired) electrons. The Labute approximate surface area is 169 Å². The number of rotatable bonds is 3. The molecule has 1 aromatic carbocycles. The van der Waals surface area contributed by atoms with Crippen LogP contribution in [0.2, 0.25) is 0 Å². The first-order chi connectivity index (χ1) is 13.9. The molecule has 0 aromatic heterocycles. The van der Waals surface area contributed by atoms with Gasteiger partial charge in [0.2, 0.25) is 5.91 Å². The molecule has 1 aromatic rings. The van der Waals surface area contributed by atoms with Gasteiger partial charge in [0, 0.05) is 31.9 Å². The predicted octanol–water partition coefficient (Wildman–Crippen LogP) is 2.12. The van der Waals surface area contributed by atoms with Gasteiger partial charge < -0.3 is 15.1 Å². The fourth-order valence-corrected chi connectivity index (χ4v) is 4.73. The molecule has 0 bridgehead atoms. The predicted molar refractivity (Wildman–Crippen MR) is 106 cm³/mol. The smallest absolute Gasteiger partial charge is 0.325 e. The Balaban J connectivity index is 1.42. The number of carbonyl (C=O) groups is 3. The second kappa shape index (κ2) is 7.65. The first-order valence-corrected chi connectivity index (χ1v) is 10.4. The van der Waals surface area contributed by atoms with Crippen LogP contribution in [0, 0.1) is 5.82 Å². The molecular weight excluding hydrogens is 375 g/mol. The average molecular weight is 402 g/mol. The van der Waals surface area contributed by atoms with Crippen molar-refractivity contribution in [2.75, 3.05) is 31.1 Å². The Morgan fingerprint density at radius 1 is 1.03 bits per heavy atom. The molecule has 1 aliphatic carbocycles. The van der Waals surface area contributed by atoms with Gasteiger partial charge in [-0.15, -0.1) is 0 Å². The van der Waals surface area contributed by atoms with Crippen molar-refractivity contribution >= 4 is 23.5 Å². The zero-order valence-electron chi connectivity index (χ0n) is 16.7. The van der Waals surface area contributed by atoms with E-state index >= 15 is 0 Å². The SMILES string of the molecule is CC(C(=O)N1CCCN(c2ccc(F)cc2)CC1)N1C(=O)NC2(CCCC2)C1=O. The maximum Gasteiger partial charge on any atom is 0.325 e. The zero-order chi connectivity index (χ0) is 20.6. The van der Waals surface area contributed by atoms with E-state index in [1.165, 1.54) is 12.1 Å². The summed E-state index contributed by atoms with van der Waals surface area (Å²) in [7, 11) is 0. The third kappa shape index (κ3) is 3.56. The number of hydrogen-bond acceptors (Lipinski definition) is 4. The van der Waals surface area contributed by atoms with Crippen LogP contribution in [0.4, 0.5) is 14.9 Å². The van der Waals surface area contributed by atoms with Crippen LogP contribution in [0.25, 0.3) is 0 Å². The fraction of sp³-hybridized carbons (Fsp3) is 0.571. The van der Waals surface area contributed by atoms with Crippen molar-refractivity contribution in [2.24, 2.45) is 0 Å². The van der Waals surface area contributed by atoms with Crippen LogP contribution in [0.3, 0.4) is 0 Å². The highest BCUT2D eigenvalue weighted by Crippen LogP contribution is 2.36. The number of anilines is 1. The Hall–Kier alpha value is -2.64. The van der Waals surface area contributed by atoms with Gasteiger partial charge in [0.15, 0.2) is 0 Å². The van der Waals surface area contributed by atoms with Gasteiger partial charge >= 0.3 is 6.03 Å². The zero-order valence-corrected chi connectivity index (χ0v) is 16.7. The van der Waals surface area contributed by atoms with Crippen molar-refractivity contribution in [1.82, 2.24) is 15.1 Å². The van der Waals surface area contributed by atoms with Crippen LogP contribution >= 0.6 is 0 Å². The number of imide groups is 1. The van der Waals surface area contributed by atoms with Crippen LogP contribution in [-0.4, -0.2) is 65.4 Å². The largest absolute Gasteiger partial charge is 0.370 e. The molecule has 8 heteroatoms. The van der Waals surface area contributed by atoms with Crippen LogP contribution in [0.1, 0.15) is 39.0 Å². The average Bonchev–Trinajstić information content (AvgIpc) is 3.16. The van der Waals surface area contributed by atoms with E-state index in [9.17, 15) is 18.8 Å². The van der Waals surface area contributed by atoms with Gasteiger partial charge in [0.05, 0.1) is 0 Å². The van der Waals surface area contributed by atoms with E-state index in [0.29, 0.717) is 32.5 Å². The summed E-state index contributed by atoms with van der Waals surface area (Å²) in [4.78, 5) is 43.5. The number of nitrogens with one attached hydrogen (secondary N) is 1. The lowest BCUT2D eigenvalue weighted by atomic mass is 9.97. The van der Waals surface area contributed by atoms with E-state index in [-0.39, 0.29) is 17.6 Å². The lowest BCUT2D eigenvalue weighted by Gasteiger charge is -2.29. The highest BCUT2D eigenvalue weighted by molar-refractivity contribution is 6.10. The van der Waals surface area contributed by atoms with Crippen molar-refractivity contribution in [3.63, 3.8) is 0 Å². The van der Waals surface area contributed by atoms with E-state index in [0.717, 1.165) is 36.4 Å². The number of benzene rings is 1. The molecule has 3 fully saturated rings. The topological polar surface area (TPSA) is 73.0 Å². The molecule has 1 spiro atoms. The maximum absolute atomic E-state index is 13.2. The molecule has 1 atom stereocenters. The number of halogens is 1. The second-order valence-electron chi connectivity index (χ2n) is 8.21. The molecule has 4 rings (SSSR count). The minimum absolute atomic E-state index is 0.204. The molecule has 3 aliphatic rings. The third-order valence-electron chi connectivity index (χ3n) is 6.39. The lowest BCUT2D eigenvalue weighted by molar-refractivity contribution is -0.142. The molecule has 7 nitrogen and oxygen atoms in total. The van der Waals surface area contributed by atoms with Gasteiger partial charge in [-0.1, -0.05) is 12.8 Å². The first kappa shape index (κ1) is 19.7. The summed E-state index contributed by atoms with van der Waals surface area (Å²) in [6.07, 6.45) is 3.87. The maximum atomic E-state index is 13.2. The molecule has 29 heavy (non-hydrogen) atoms. The fourth-order valence-electron chi connectivity index (χ4n) is 4.73. The summed E-state index contributed by atoms with van der Waals surface area (Å²) in [5, 5.41) is 2.84. The third-order valence-corrected chi connectivity index (χ3v) is 6.39. The van der Waals surface area contributed by atoms with Crippen molar-refractivity contribution in [2.45, 2.75) is 50.6 Å². The Morgan fingerprint density at radius 3 is 2.41 bits per heavy atom. The Bertz CT molecular complexity index is 807. The molecule has 2 heterocycles. The summed E-state index contributed by atoms with van der Waals surface area (Å²) < 4.78 is 13.2. The Morgan fingerprint density at radius 2 is 1.72 bits per heavy atom. The van der Waals surface area contributed by atoms with E-state index in [1.807, 2.05) is 0 Å². The number of nitrogens with zero attached hydrogens (tertiary/aromatic N) is 3. The number of hydrogen-bond donors (Lipinski definition) is 1. The summed E-state index contributed by atoms with van der Waals surface area (Å²) in [5.41, 5.74) is 0.120. The van der Waals surface area contributed by atoms with E-state index in [1.54, 1.807) is 24.0 Å². The molecule has 156 valence electrons. The highest BCUT2D eigenvalue weighted by atomic mass is 19.1. The van der Waals surface area contributed by atoms with E-state index in [4.69, 9.17) is 0 Å². The molecule has 1 saturated carbocycles. The van der Waals surface area contributed by atoms with Crippen LogP contribution in [0.15, 0.2) is 24.3 Å². The van der Waals surface area contributed by atoms with Crippen LogP contribution in [-0.2, 0) is 9.59 Å². The molecular formula is C21H27FN4O3. The van der Waals surface area contributed by atoms with Gasteiger partial charge in [-0.25, -0.2) is 14.1 Å². The second-order valence-corrected chi connectivity index (χ2v) is 8.21. The number of amides is 4. The minimum atomic E-state index is -0.820. The van der Waals surface area contributed by atoms with Crippen LogP contribution < -0.4 is 10.2 Å². The van der Waals surface area contributed by atoms with Gasteiger partial charge in [-0.2, -0.15) is 0 Å². The summed E-state index contributed by atoms with van der Waals surface area (Å²) in [6, 6.07) is 5.07. The summed E-state index contributed by atoms with van der Waals surface area (Å²) >= 11 is 0. The normalized spacial score (nSPS) is 22.8. The van der Waals surface area contributed by atoms with Crippen molar-refractivity contribution in [1.29, 1.82) is 0 Å². The molecule has 1 unspecified atom stereocenters. The Kier molecular flexibility index (Phi) is 5.19. The number of urea groups is 1. The van der Waals surface area contributed by atoms with E-state index < -0.39 is 17.6 Å². The van der Waals surface area contributed by atoms with Gasteiger partial charge in [0.1, 0.15) is 17.4 Å².